The van der Waals surface area contributed by atoms with Gasteiger partial charge in [-0.1, -0.05) is 18.2 Å². The topological polar surface area (TPSA) is 41.1 Å². The second-order valence-corrected chi connectivity index (χ2v) is 5.39. The number of nitrogens with zero attached hydrogens (tertiary/aromatic N) is 2. The van der Waals surface area contributed by atoms with Crippen molar-refractivity contribution in [2.45, 2.75) is 0 Å². The van der Waals surface area contributed by atoms with Gasteiger partial charge < -0.3 is 14.6 Å². The van der Waals surface area contributed by atoms with Crippen molar-refractivity contribution in [2.75, 3.05) is 31.2 Å². The molecule has 4 nitrogen and oxygen atoms in total. The van der Waals surface area contributed by atoms with Crippen LogP contribution in [-0.4, -0.2) is 36.3 Å². The maximum absolute atomic E-state index is 14.5. The van der Waals surface area contributed by atoms with Crippen LogP contribution in [0.4, 0.5) is 10.2 Å². The molecule has 0 unspecified atom stereocenters. The minimum atomic E-state index is -0.261. The van der Waals surface area contributed by atoms with Crippen LogP contribution in [0.15, 0.2) is 42.6 Å². The fourth-order valence-corrected chi connectivity index (χ4v) is 2.80. The van der Waals surface area contributed by atoms with E-state index in [1.807, 2.05) is 35.2 Å². The molecule has 22 heavy (non-hydrogen) atoms. The molecule has 0 radical (unpaired) electrons. The summed E-state index contributed by atoms with van der Waals surface area (Å²) in [5.74, 6) is 0.406. The van der Waals surface area contributed by atoms with Gasteiger partial charge in [0.2, 0.25) is 0 Å². The lowest BCUT2D eigenvalue weighted by Crippen LogP contribution is -2.36. The van der Waals surface area contributed by atoms with Crippen molar-refractivity contribution in [1.82, 2.24) is 9.97 Å². The zero-order valence-corrected chi connectivity index (χ0v) is 12.1. The number of fused-ring (bicyclic) bond motifs is 1. The van der Waals surface area contributed by atoms with Gasteiger partial charge in [0.1, 0.15) is 11.6 Å². The third kappa shape index (κ3) is 2.33. The molecule has 0 spiro atoms. The lowest BCUT2D eigenvalue weighted by atomic mass is 10.2. The highest BCUT2D eigenvalue weighted by molar-refractivity contribution is 5.85. The number of halogens is 1. The Morgan fingerprint density at radius 2 is 1.95 bits per heavy atom. The second-order valence-electron chi connectivity index (χ2n) is 5.39. The van der Waals surface area contributed by atoms with Gasteiger partial charge >= 0.3 is 0 Å². The SMILES string of the molecule is Fc1cc(N2CCOCC2)ncc1-c1cc2ccccc2[nH]1. The number of benzene rings is 1. The molecule has 0 aliphatic carbocycles. The van der Waals surface area contributed by atoms with Gasteiger partial charge in [-0.15, -0.1) is 0 Å². The Morgan fingerprint density at radius 1 is 1.14 bits per heavy atom. The molecule has 0 amide bonds. The summed E-state index contributed by atoms with van der Waals surface area (Å²) in [7, 11) is 0. The van der Waals surface area contributed by atoms with E-state index in [0.717, 1.165) is 29.7 Å². The van der Waals surface area contributed by atoms with Crippen LogP contribution in [0.5, 0.6) is 0 Å². The molecule has 0 atom stereocenters. The van der Waals surface area contributed by atoms with Gasteiger partial charge in [0, 0.05) is 36.3 Å². The number of para-hydroxylation sites is 1. The van der Waals surface area contributed by atoms with E-state index in [1.165, 1.54) is 6.07 Å². The number of ether oxygens (including phenoxy) is 1. The van der Waals surface area contributed by atoms with Gasteiger partial charge in [0.05, 0.1) is 24.5 Å². The third-order valence-corrected chi connectivity index (χ3v) is 3.99. The molecule has 0 saturated carbocycles. The molecular formula is C17H16FN3O. The van der Waals surface area contributed by atoms with Crippen LogP contribution in [0.1, 0.15) is 0 Å². The summed E-state index contributed by atoms with van der Waals surface area (Å²) in [4.78, 5) is 9.70. The summed E-state index contributed by atoms with van der Waals surface area (Å²) < 4.78 is 19.8. The summed E-state index contributed by atoms with van der Waals surface area (Å²) >= 11 is 0. The summed E-state index contributed by atoms with van der Waals surface area (Å²) in [6, 6.07) is 11.4. The van der Waals surface area contributed by atoms with Gasteiger partial charge in [0.15, 0.2) is 0 Å². The highest BCUT2D eigenvalue weighted by atomic mass is 19.1. The Kier molecular flexibility index (Phi) is 3.27. The quantitative estimate of drug-likeness (QED) is 0.789. The summed E-state index contributed by atoms with van der Waals surface area (Å²) in [6.07, 6.45) is 1.60. The standard InChI is InChI=1S/C17H16FN3O/c18-14-10-17(21-5-7-22-8-6-21)19-11-13(14)16-9-12-3-1-2-4-15(12)20-16/h1-4,9-11,20H,5-8H2. The Hall–Kier alpha value is -2.40. The van der Waals surface area contributed by atoms with Crippen molar-refractivity contribution < 1.29 is 9.13 Å². The molecule has 1 aliphatic rings. The number of hydrogen-bond donors (Lipinski definition) is 1. The number of hydrogen-bond acceptors (Lipinski definition) is 3. The van der Waals surface area contributed by atoms with E-state index in [1.54, 1.807) is 6.20 Å². The highest BCUT2D eigenvalue weighted by Gasteiger charge is 2.16. The number of H-pyrrole nitrogens is 1. The largest absolute Gasteiger partial charge is 0.378 e. The Labute approximate surface area is 127 Å². The number of nitrogens with one attached hydrogen (secondary N) is 1. The number of rotatable bonds is 2. The van der Waals surface area contributed by atoms with Crippen molar-refractivity contribution in [2.24, 2.45) is 0 Å². The Bertz CT molecular complexity index is 776. The van der Waals surface area contributed by atoms with Crippen LogP contribution in [0.25, 0.3) is 22.2 Å². The van der Waals surface area contributed by atoms with Crippen LogP contribution in [0.2, 0.25) is 0 Å². The molecule has 1 fully saturated rings. The van der Waals surface area contributed by atoms with Gasteiger partial charge in [-0.2, -0.15) is 0 Å². The minimum Gasteiger partial charge on any atom is -0.378 e. The predicted molar refractivity (Wildman–Crippen MR) is 84.5 cm³/mol. The molecule has 3 heterocycles. The molecule has 5 heteroatoms. The molecule has 2 aromatic heterocycles. The summed E-state index contributed by atoms with van der Waals surface area (Å²) in [5, 5.41) is 1.06. The van der Waals surface area contributed by atoms with Crippen molar-refractivity contribution in [3.8, 4) is 11.3 Å². The van der Waals surface area contributed by atoms with E-state index in [2.05, 4.69) is 9.97 Å². The summed E-state index contributed by atoms with van der Waals surface area (Å²) in [6.45, 7) is 2.82. The Balaban J connectivity index is 1.70. The minimum absolute atomic E-state index is 0.261. The van der Waals surface area contributed by atoms with E-state index in [4.69, 9.17) is 4.74 Å². The monoisotopic (exact) mass is 297 g/mol. The van der Waals surface area contributed by atoms with E-state index in [9.17, 15) is 4.39 Å². The first-order chi connectivity index (χ1) is 10.8. The number of morpholine rings is 1. The second kappa shape index (κ2) is 5.42. The molecule has 112 valence electrons. The van der Waals surface area contributed by atoms with E-state index in [0.29, 0.717) is 24.6 Å². The average Bonchev–Trinajstić information content (AvgIpc) is 2.99. The van der Waals surface area contributed by atoms with E-state index >= 15 is 0 Å². The zero-order chi connectivity index (χ0) is 14.9. The van der Waals surface area contributed by atoms with Crippen LogP contribution in [0, 0.1) is 5.82 Å². The third-order valence-electron chi connectivity index (χ3n) is 3.99. The first-order valence-electron chi connectivity index (χ1n) is 7.37. The average molecular weight is 297 g/mol. The van der Waals surface area contributed by atoms with Crippen molar-refractivity contribution in [1.29, 1.82) is 0 Å². The zero-order valence-electron chi connectivity index (χ0n) is 12.1. The molecule has 1 aromatic carbocycles. The van der Waals surface area contributed by atoms with Crippen LogP contribution < -0.4 is 4.90 Å². The van der Waals surface area contributed by atoms with Gasteiger partial charge in [-0.3, -0.25) is 0 Å². The predicted octanol–water partition coefficient (Wildman–Crippen LogP) is 3.21. The first-order valence-corrected chi connectivity index (χ1v) is 7.37. The van der Waals surface area contributed by atoms with Crippen molar-refractivity contribution in [3.63, 3.8) is 0 Å². The van der Waals surface area contributed by atoms with Crippen LogP contribution >= 0.6 is 0 Å². The Morgan fingerprint density at radius 3 is 2.73 bits per heavy atom. The molecule has 3 aromatic rings. The van der Waals surface area contributed by atoms with E-state index in [-0.39, 0.29) is 5.82 Å². The molecule has 1 saturated heterocycles. The molecular weight excluding hydrogens is 281 g/mol. The summed E-state index contributed by atoms with van der Waals surface area (Å²) in [5.41, 5.74) is 2.24. The van der Waals surface area contributed by atoms with Gasteiger partial charge in [-0.25, -0.2) is 9.37 Å². The molecule has 1 aliphatic heterocycles. The van der Waals surface area contributed by atoms with E-state index < -0.39 is 0 Å². The number of pyridine rings is 1. The number of anilines is 1. The normalized spacial score (nSPS) is 15.4. The fraction of sp³-hybridized carbons (Fsp3) is 0.235. The lowest BCUT2D eigenvalue weighted by molar-refractivity contribution is 0.122. The smallest absolute Gasteiger partial charge is 0.137 e. The maximum atomic E-state index is 14.5. The maximum Gasteiger partial charge on any atom is 0.137 e. The van der Waals surface area contributed by atoms with Crippen molar-refractivity contribution >= 4 is 16.7 Å². The molecule has 4 rings (SSSR count). The fourth-order valence-electron chi connectivity index (χ4n) is 2.80. The molecule has 1 N–H and O–H groups in total. The number of aromatic nitrogens is 2. The van der Waals surface area contributed by atoms with Crippen LogP contribution in [0.3, 0.4) is 0 Å². The number of aromatic amines is 1. The lowest BCUT2D eigenvalue weighted by Gasteiger charge is -2.27. The van der Waals surface area contributed by atoms with Gasteiger partial charge in [-0.05, 0) is 12.1 Å². The van der Waals surface area contributed by atoms with Gasteiger partial charge in [0.25, 0.3) is 0 Å². The van der Waals surface area contributed by atoms with Crippen molar-refractivity contribution in [3.05, 3.63) is 48.4 Å². The highest BCUT2D eigenvalue weighted by Crippen LogP contribution is 2.27. The molecule has 0 bridgehead atoms. The first kappa shape index (κ1) is 13.3. The van der Waals surface area contributed by atoms with Crippen LogP contribution in [-0.2, 0) is 4.74 Å².